The van der Waals surface area contributed by atoms with Crippen molar-refractivity contribution in [3.05, 3.63) is 29.2 Å². The van der Waals surface area contributed by atoms with E-state index in [-0.39, 0.29) is 0 Å². The van der Waals surface area contributed by atoms with Crippen molar-refractivity contribution in [2.75, 3.05) is 5.32 Å². The molecule has 1 fully saturated rings. The highest BCUT2D eigenvalue weighted by molar-refractivity contribution is 7.14. The Bertz CT molecular complexity index is 538. The van der Waals surface area contributed by atoms with Gasteiger partial charge in [0.1, 0.15) is 0 Å². The fourth-order valence-corrected chi connectivity index (χ4v) is 2.17. The van der Waals surface area contributed by atoms with E-state index in [1.807, 2.05) is 17.5 Å². The van der Waals surface area contributed by atoms with Crippen molar-refractivity contribution in [3.8, 4) is 6.07 Å². The third-order valence-electron chi connectivity index (χ3n) is 2.58. The van der Waals surface area contributed by atoms with Crippen LogP contribution in [0.5, 0.6) is 0 Å². The third kappa shape index (κ3) is 2.15. The molecular weight excluding hydrogens is 236 g/mol. The van der Waals surface area contributed by atoms with Gasteiger partial charge in [0.2, 0.25) is 0 Å². The van der Waals surface area contributed by atoms with Crippen molar-refractivity contribution in [2.45, 2.75) is 24.8 Å². The van der Waals surface area contributed by atoms with E-state index in [0.717, 1.165) is 23.7 Å². The summed E-state index contributed by atoms with van der Waals surface area (Å²) < 4.78 is 5.13. The van der Waals surface area contributed by atoms with E-state index in [1.165, 1.54) is 11.3 Å². The maximum absolute atomic E-state index is 9.11. The topological polar surface area (TPSA) is 74.7 Å². The van der Waals surface area contributed by atoms with Gasteiger partial charge in [-0.15, -0.1) is 11.3 Å². The molecule has 0 aliphatic heterocycles. The molecule has 6 heteroatoms. The molecule has 86 valence electrons. The molecule has 1 N–H and O–H groups in total. The summed E-state index contributed by atoms with van der Waals surface area (Å²) in [5.74, 6) is 1.52. The molecule has 1 aliphatic carbocycles. The van der Waals surface area contributed by atoms with Crippen LogP contribution in [0.3, 0.4) is 0 Å². The summed E-state index contributed by atoms with van der Waals surface area (Å²) in [4.78, 5) is 4.27. The molecule has 1 atom stereocenters. The van der Waals surface area contributed by atoms with Gasteiger partial charge < -0.3 is 9.84 Å². The molecule has 5 nitrogen and oxygen atoms in total. The average Bonchev–Trinajstić information content (AvgIpc) is 2.89. The second-order valence-electron chi connectivity index (χ2n) is 3.95. The highest BCUT2D eigenvalue weighted by Gasteiger charge is 2.30. The minimum absolute atomic E-state index is 0.350. The van der Waals surface area contributed by atoms with Gasteiger partial charge in [-0.25, -0.2) is 0 Å². The molecule has 17 heavy (non-hydrogen) atoms. The Labute approximate surface area is 102 Å². The maximum Gasteiger partial charge on any atom is 0.264 e. The Morgan fingerprint density at radius 2 is 2.47 bits per heavy atom. The number of hydrogen-bond acceptors (Lipinski definition) is 6. The molecule has 0 bridgehead atoms. The third-order valence-corrected chi connectivity index (χ3v) is 3.38. The van der Waals surface area contributed by atoms with Crippen LogP contribution in [0.1, 0.15) is 36.5 Å². The summed E-state index contributed by atoms with van der Waals surface area (Å²) in [6.45, 7) is 0. The summed E-state index contributed by atoms with van der Waals surface area (Å²) in [6, 6.07) is 5.38. The molecule has 0 radical (unpaired) electrons. The lowest BCUT2D eigenvalue weighted by molar-refractivity contribution is 0.370. The molecule has 1 unspecified atom stereocenters. The minimum atomic E-state index is -0.575. The van der Waals surface area contributed by atoms with E-state index in [9.17, 15) is 0 Å². The van der Waals surface area contributed by atoms with Crippen molar-refractivity contribution in [2.24, 2.45) is 0 Å². The normalized spacial score (nSPS) is 16.4. The monoisotopic (exact) mass is 246 g/mol. The molecule has 2 aromatic heterocycles. The van der Waals surface area contributed by atoms with Crippen molar-refractivity contribution < 1.29 is 4.52 Å². The smallest absolute Gasteiger partial charge is 0.264 e. The molecule has 3 rings (SSSR count). The van der Waals surface area contributed by atoms with E-state index in [1.54, 1.807) is 0 Å². The number of thiophene rings is 1. The zero-order valence-electron chi connectivity index (χ0n) is 8.96. The van der Waals surface area contributed by atoms with Gasteiger partial charge in [-0.3, -0.25) is 0 Å². The lowest BCUT2D eigenvalue weighted by Gasteiger charge is -2.05. The SMILES string of the molecule is N#CC(Nc1cccs1)c1nc(C2CC2)no1. The molecule has 0 aromatic carbocycles. The first-order chi connectivity index (χ1) is 8.36. The van der Waals surface area contributed by atoms with Crippen molar-refractivity contribution >= 4 is 16.3 Å². The Balaban J connectivity index is 1.77. The summed E-state index contributed by atoms with van der Waals surface area (Å²) >= 11 is 1.53. The fourth-order valence-electron chi connectivity index (χ4n) is 1.52. The summed E-state index contributed by atoms with van der Waals surface area (Å²) in [6.07, 6.45) is 2.24. The van der Waals surface area contributed by atoms with Crippen LogP contribution < -0.4 is 5.32 Å². The number of nitrogens with one attached hydrogen (secondary N) is 1. The Morgan fingerprint density at radius 3 is 3.12 bits per heavy atom. The number of nitriles is 1. The quantitative estimate of drug-likeness (QED) is 0.897. The Hall–Kier alpha value is -1.87. The zero-order chi connectivity index (χ0) is 11.7. The standard InChI is InChI=1S/C11H10N4OS/c12-6-8(13-9-2-1-5-17-9)11-14-10(15-16-11)7-3-4-7/h1-2,5,7-8,13H,3-4H2. The van der Waals surface area contributed by atoms with Crippen LogP contribution in [0.2, 0.25) is 0 Å². The average molecular weight is 246 g/mol. The van der Waals surface area contributed by atoms with E-state index in [2.05, 4.69) is 21.5 Å². The number of hydrogen-bond donors (Lipinski definition) is 1. The van der Waals surface area contributed by atoms with Gasteiger partial charge in [-0.2, -0.15) is 10.2 Å². The Kier molecular flexibility index (Phi) is 2.53. The second-order valence-corrected chi connectivity index (χ2v) is 4.90. The Morgan fingerprint density at radius 1 is 1.59 bits per heavy atom. The van der Waals surface area contributed by atoms with E-state index >= 15 is 0 Å². The first kappa shape index (κ1) is 10.3. The number of nitrogens with zero attached hydrogens (tertiary/aromatic N) is 3. The lowest BCUT2D eigenvalue weighted by atomic mass is 10.3. The van der Waals surface area contributed by atoms with E-state index in [4.69, 9.17) is 9.78 Å². The van der Waals surface area contributed by atoms with Gasteiger partial charge in [0.05, 0.1) is 11.1 Å². The largest absolute Gasteiger partial charge is 0.354 e. The van der Waals surface area contributed by atoms with Crippen LogP contribution >= 0.6 is 11.3 Å². The van der Waals surface area contributed by atoms with Crippen LogP contribution in [-0.2, 0) is 0 Å². The molecule has 0 amide bonds. The predicted octanol–water partition coefficient (Wildman–Crippen LogP) is 2.69. The lowest BCUT2D eigenvalue weighted by Crippen LogP contribution is -2.07. The van der Waals surface area contributed by atoms with Gasteiger partial charge in [0.15, 0.2) is 11.9 Å². The summed E-state index contributed by atoms with van der Waals surface area (Å²) in [7, 11) is 0. The van der Waals surface area contributed by atoms with E-state index in [0.29, 0.717) is 11.8 Å². The molecule has 1 aliphatic rings. The van der Waals surface area contributed by atoms with Crippen LogP contribution in [0, 0.1) is 11.3 Å². The second kappa shape index (κ2) is 4.18. The number of rotatable bonds is 4. The van der Waals surface area contributed by atoms with Crippen LogP contribution in [0.25, 0.3) is 0 Å². The number of aromatic nitrogens is 2. The van der Waals surface area contributed by atoms with Gasteiger partial charge in [0.25, 0.3) is 5.89 Å². The minimum Gasteiger partial charge on any atom is -0.354 e. The van der Waals surface area contributed by atoms with Crippen LogP contribution in [0.15, 0.2) is 22.0 Å². The summed E-state index contributed by atoms with van der Waals surface area (Å²) in [5.41, 5.74) is 0. The predicted molar refractivity (Wildman–Crippen MR) is 62.6 cm³/mol. The highest BCUT2D eigenvalue weighted by Crippen LogP contribution is 2.38. The van der Waals surface area contributed by atoms with Gasteiger partial charge in [0, 0.05) is 5.92 Å². The fraction of sp³-hybridized carbons (Fsp3) is 0.364. The van der Waals surface area contributed by atoms with E-state index < -0.39 is 6.04 Å². The molecular formula is C11H10N4OS. The first-order valence-corrected chi connectivity index (χ1v) is 6.28. The molecule has 2 heterocycles. The van der Waals surface area contributed by atoms with Crippen molar-refractivity contribution in [1.82, 2.24) is 10.1 Å². The highest BCUT2D eigenvalue weighted by atomic mass is 32.1. The molecule has 0 spiro atoms. The van der Waals surface area contributed by atoms with Crippen molar-refractivity contribution in [1.29, 1.82) is 5.26 Å². The molecule has 2 aromatic rings. The molecule has 1 saturated carbocycles. The van der Waals surface area contributed by atoms with Gasteiger partial charge in [-0.1, -0.05) is 5.16 Å². The molecule has 0 saturated heterocycles. The summed E-state index contributed by atoms with van der Waals surface area (Å²) in [5, 5.41) is 18.9. The van der Waals surface area contributed by atoms with Crippen LogP contribution in [-0.4, -0.2) is 10.1 Å². The number of anilines is 1. The zero-order valence-corrected chi connectivity index (χ0v) is 9.78. The first-order valence-electron chi connectivity index (χ1n) is 5.40. The van der Waals surface area contributed by atoms with Gasteiger partial charge >= 0.3 is 0 Å². The van der Waals surface area contributed by atoms with Gasteiger partial charge in [-0.05, 0) is 30.4 Å². The van der Waals surface area contributed by atoms with Crippen molar-refractivity contribution in [3.63, 3.8) is 0 Å². The van der Waals surface area contributed by atoms with Crippen LogP contribution in [0.4, 0.5) is 5.00 Å². The maximum atomic E-state index is 9.11.